The molecule has 2 heterocycles. The Morgan fingerprint density at radius 2 is 1.38 bits per heavy atom. The molecule has 0 radical (unpaired) electrons. The van der Waals surface area contributed by atoms with Crippen molar-refractivity contribution in [2.24, 2.45) is 0 Å². The van der Waals surface area contributed by atoms with Gasteiger partial charge in [-0.25, -0.2) is 0 Å². The summed E-state index contributed by atoms with van der Waals surface area (Å²) in [6.45, 7) is 3.77. The van der Waals surface area contributed by atoms with Crippen molar-refractivity contribution in [2.45, 2.75) is 13.8 Å². The van der Waals surface area contributed by atoms with Gasteiger partial charge in [-0.1, -0.05) is 0 Å². The van der Waals surface area contributed by atoms with Crippen LogP contribution in [0, 0.1) is 13.8 Å². The van der Waals surface area contributed by atoms with Crippen LogP contribution in [0.15, 0.2) is 4.63 Å². The van der Waals surface area contributed by atoms with Gasteiger partial charge in [-0.05, 0) is 0 Å². The van der Waals surface area contributed by atoms with Crippen LogP contribution in [0.4, 0.5) is 0 Å². The molecule has 0 atom stereocenters. The van der Waals surface area contributed by atoms with E-state index in [-0.39, 0.29) is 37.5 Å². The Bertz CT molecular complexity index is 588. The molecule has 0 unspecified atom stereocenters. The van der Waals surface area contributed by atoms with Gasteiger partial charge in [-0.2, -0.15) is 0 Å². The summed E-state index contributed by atoms with van der Waals surface area (Å²) in [4.78, 5) is 24.1. The van der Waals surface area contributed by atoms with Gasteiger partial charge in [-0.15, -0.1) is 0 Å². The molecule has 0 fully saturated rings. The van der Waals surface area contributed by atoms with Gasteiger partial charge in [0.1, 0.15) is 0 Å². The molecule has 1 aliphatic carbocycles. The molecule has 1 aliphatic rings. The van der Waals surface area contributed by atoms with Crippen LogP contribution in [0.2, 0.25) is 0 Å². The van der Waals surface area contributed by atoms with Crippen molar-refractivity contribution in [3.05, 3.63) is 31.4 Å². The third-order valence-electron chi connectivity index (χ3n) is 2.63. The Morgan fingerprint density at radius 3 is 1.81 bits per heavy atom. The van der Waals surface area contributed by atoms with Gasteiger partial charge < -0.3 is 0 Å². The molecule has 0 saturated carbocycles. The minimum atomic E-state index is -0.234. The molecule has 3 rings (SSSR count). The monoisotopic (exact) mass is 282 g/mol. The number of aromatic nitrogens is 2. The Hall–Kier alpha value is -1.52. The fourth-order valence-corrected chi connectivity index (χ4v) is 4.16. The third-order valence-corrected chi connectivity index (χ3v) is 4.77. The molecule has 2 aromatic rings. The summed E-state index contributed by atoms with van der Waals surface area (Å²) in [6, 6.07) is 0. The number of hydrogen-bond acceptors (Lipinski definition) is 5. The van der Waals surface area contributed by atoms with E-state index in [0.29, 0.717) is 11.1 Å². The average molecular weight is 281 g/mol. The standard InChI is InChI=1S/C10H6N2O3Se/c1-3-5-6(4(2)16-3)10(14)8-7(9(5)13)11-15-12-8/h1-2H3. The summed E-state index contributed by atoms with van der Waals surface area (Å²) in [5, 5.41) is 7.00. The number of aryl methyl sites for hydroxylation is 2. The molecule has 16 heavy (non-hydrogen) atoms. The van der Waals surface area contributed by atoms with Crippen LogP contribution in [0.25, 0.3) is 0 Å². The van der Waals surface area contributed by atoms with E-state index in [9.17, 15) is 9.59 Å². The summed E-state index contributed by atoms with van der Waals surface area (Å²) < 4.78 is 6.42. The molecule has 0 aromatic carbocycles. The molecule has 5 nitrogen and oxygen atoms in total. The minimum absolute atomic E-state index is 0.0496. The normalized spacial score (nSPS) is 13.9. The number of carbonyl (C=O) groups is 2. The van der Waals surface area contributed by atoms with Crippen LogP contribution in [0.5, 0.6) is 0 Å². The molecule has 0 saturated heterocycles. The van der Waals surface area contributed by atoms with Crippen molar-refractivity contribution in [3.8, 4) is 0 Å². The fourth-order valence-electron chi connectivity index (χ4n) is 1.95. The molecular formula is C10H6N2O3Se. The summed E-state index contributed by atoms with van der Waals surface area (Å²) in [5.41, 5.74) is 1.14. The number of nitrogens with zero attached hydrogens (tertiary/aromatic N) is 2. The summed E-state index contributed by atoms with van der Waals surface area (Å²) in [6.07, 6.45) is 0. The van der Waals surface area contributed by atoms with Crippen molar-refractivity contribution in [2.75, 3.05) is 0 Å². The quantitative estimate of drug-likeness (QED) is 0.562. The van der Waals surface area contributed by atoms with Crippen LogP contribution in [-0.4, -0.2) is 36.4 Å². The molecule has 6 heteroatoms. The molecule has 80 valence electrons. The van der Waals surface area contributed by atoms with Crippen LogP contribution in [0.1, 0.15) is 41.0 Å². The Morgan fingerprint density at radius 1 is 0.938 bits per heavy atom. The molecule has 0 bridgehead atoms. The predicted octanol–water partition coefficient (Wildman–Crippen LogP) is 0.519. The first-order valence-corrected chi connectivity index (χ1v) is 6.34. The Balaban J connectivity index is 2.40. The van der Waals surface area contributed by atoms with Gasteiger partial charge in [0.2, 0.25) is 0 Å². The van der Waals surface area contributed by atoms with E-state index in [1.54, 1.807) is 0 Å². The molecule has 0 amide bonds. The zero-order chi connectivity index (χ0) is 11.4. The van der Waals surface area contributed by atoms with Gasteiger partial charge >= 0.3 is 95.8 Å². The van der Waals surface area contributed by atoms with Gasteiger partial charge in [0.25, 0.3) is 0 Å². The van der Waals surface area contributed by atoms with E-state index in [4.69, 9.17) is 0 Å². The van der Waals surface area contributed by atoms with Crippen molar-refractivity contribution in [1.29, 1.82) is 0 Å². The SMILES string of the molecule is Cc1[se]c(C)c2c1C(=O)c1nonc1C2=O. The Labute approximate surface area is 96.2 Å². The number of ketones is 2. The van der Waals surface area contributed by atoms with E-state index < -0.39 is 0 Å². The van der Waals surface area contributed by atoms with E-state index in [1.807, 2.05) is 13.8 Å². The van der Waals surface area contributed by atoms with E-state index in [0.717, 1.165) is 8.87 Å². The van der Waals surface area contributed by atoms with Gasteiger partial charge in [0, 0.05) is 0 Å². The van der Waals surface area contributed by atoms with E-state index in [2.05, 4.69) is 14.9 Å². The maximum atomic E-state index is 12.1. The molecule has 0 spiro atoms. The van der Waals surface area contributed by atoms with Crippen molar-refractivity contribution >= 4 is 26.1 Å². The topological polar surface area (TPSA) is 73.1 Å². The maximum absolute atomic E-state index is 12.1. The fraction of sp³-hybridized carbons (Fsp3) is 0.200. The average Bonchev–Trinajstić information content (AvgIpc) is 2.80. The first-order chi connectivity index (χ1) is 7.61. The van der Waals surface area contributed by atoms with Gasteiger partial charge in [0.15, 0.2) is 0 Å². The second-order valence-corrected chi connectivity index (χ2v) is 6.58. The van der Waals surface area contributed by atoms with Crippen molar-refractivity contribution in [1.82, 2.24) is 10.3 Å². The predicted molar refractivity (Wildman–Crippen MR) is 54.0 cm³/mol. The molecule has 2 aromatic heterocycles. The molecular weight excluding hydrogens is 275 g/mol. The summed E-state index contributed by atoms with van der Waals surface area (Å²) in [7, 11) is 0. The van der Waals surface area contributed by atoms with Crippen LogP contribution in [0.3, 0.4) is 0 Å². The van der Waals surface area contributed by atoms with E-state index in [1.165, 1.54) is 0 Å². The zero-order valence-electron chi connectivity index (χ0n) is 8.53. The Kier molecular flexibility index (Phi) is 1.81. The van der Waals surface area contributed by atoms with Crippen LogP contribution >= 0.6 is 0 Å². The first kappa shape index (κ1) is 9.69. The first-order valence-electron chi connectivity index (χ1n) is 4.63. The van der Waals surface area contributed by atoms with E-state index >= 15 is 0 Å². The van der Waals surface area contributed by atoms with Crippen LogP contribution in [-0.2, 0) is 0 Å². The number of rotatable bonds is 0. The van der Waals surface area contributed by atoms with Crippen molar-refractivity contribution < 1.29 is 14.2 Å². The number of carbonyl (C=O) groups excluding carboxylic acids is 2. The van der Waals surface area contributed by atoms with Gasteiger partial charge in [0.05, 0.1) is 0 Å². The van der Waals surface area contributed by atoms with Crippen molar-refractivity contribution in [3.63, 3.8) is 0 Å². The number of hydrogen-bond donors (Lipinski definition) is 0. The summed E-state index contributed by atoms with van der Waals surface area (Å²) in [5.74, 6) is -0.468. The van der Waals surface area contributed by atoms with Crippen LogP contribution < -0.4 is 0 Å². The third kappa shape index (κ3) is 1.00. The summed E-state index contributed by atoms with van der Waals surface area (Å²) >= 11 is 0.0939. The second-order valence-electron chi connectivity index (χ2n) is 3.58. The zero-order valence-corrected chi connectivity index (χ0v) is 10.2. The second kappa shape index (κ2) is 2.99. The molecule has 0 N–H and O–H groups in total. The molecule has 0 aliphatic heterocycles. The number of fused-ring (bicyclic) bond motifs is 2. The van der Waals surface area contributed by atoms with Gasteiger partial charge in [-0.3, -0.25) is 0 Å².